The van der Waals surface area contributed by atoms with Crippen molar-refractivity contribution < 1.29 is 27.5 Å². The summed E-state index contributed by atoms with van der Waals surface area (Å²) in [7, 11) is -1.76. The van der Waals surface area contributed by atoms with Gasteiger partial charge in [0.05, 0.1) is 19.1 Å². The van der Waals surface area contributed by atoms with E-state index in [0.29, 0.717) is 0 Å². The number of sulfonamides is 1. The quantitative estimate of drug-likeness (QED) is 0.714. The van der Waals surface area contributed by atoms with Crippen LogP contribution in [0.2, 0.25) is 0 Å². The van der Waals surface area contributed by atoms with Gasteiger partial charge in [-0.1, -0.05) is 17.7 Å². The number of hydrogen-bond donors (Lipinski definition) is 0. The molecule has 0 saturated heterocycles. The van der Waals surface area contributed by atoms with Crippen molar-refractivity contribution in [2.45, 2.75) is 24.8 Å². The molecule has 0 aromatic heterocycles. The third-order valence-corrected chi connectivity index (χ3v) is 5.05. The van der Waals surface area contributed by atoms with Crippen molar-refractivity contribution in [3.63, 3.8) is 0 Å². The molecule has 0 saturated carbocycles. The van der Waals surface area contributed by atoms with Crippen molar-refractivity contribution >= 4 is 22.0 Å². The van der Waals surface area contributed by atoms with Gasteiger partial charge in [-0.05, 0) is 26.0 Å². The molecule has 0 amide bonds. The zero-order valence-electron chi connectivity index (χ0n) is 12.9. The Kier molecular flexibility index (Phi) is 6.07. The van der Waals surface area contributed by atoms with Crippen molar-refractivity contribution in [3.05, 3.63) is 29.8 Å². The number of nitrogens with zero attached hydrogens (tertiary/aromatic N) is 1. The van der Waals surface area contributed by atoms with Crippen LogP contribution in [-0.2, 0) is 29.1 Å². The summed E-state index contributed by atoms with van der Waals surface area (Å²) in [5.74, 6) is -1.54. The Hall–Kier alpha value is -1.93. The lowest BCUT2D eigenvalue weighted by Crippen LogP contribution is -2.46. The number of rotatable bonds is 6. The van der Waals surface area contributed by atoms with Crippen LogP contribution in [0.1, 0.15) is 12.5 Å². The number of methoxy groups -OCH3 is 2. The average molecular weight is 329 g/mol. The summed E-state index contributed by atoms with van der Waals surface area (Å²) in [4.78, 5) is 23.1. The molecule has 122 valence electrons. The van der Waals surface area contributed by atoms with Crippen molar-refractivity contribution in [2.75, 3.05) is 20.8 Å². The molecule has 0 N–H and O–H groups in total. The summed E-state index contributed by atoms with van der Waals surface area (Å²) in [6.07, 6.45) is 0. The van der Waals surface area contributed by atoms with Gasteiger partial charge in [-0.15, -0.1) is 0 Å². The van der Waals surface area contributed by atoms with Crippen LogP contribution in [0.3, 0.4) is 0 Å². The van der Waals surface area contributed by atoms with E-state index in [1.807, 2.05) is 6.92 Å². The molecule has 0 aliphatic carbocycles. The fourth-order valence-electron chi connectivity index (χ4n) is 1.76. The van der Waals surface area contributed by atoms with Gasteiger partial charge in [0.1, 0.15) is 12.6 Å². The first-order valence-electron chi connectivity index (χ1n) is 6.47. The Morgan fingerprint density at radius 3 is 2.14 bits per heavy atom. The van der Waals surface area contributed by atoms with E-state index in [2.05, 4.69) is 9.47 Å². The summed E-state index contributed by atoms with van der Waals surface area (Å²) in [5, 5.41) is 0. The molecule has 1 aromatic rings. The van der Waals surface area contributed by atoms with Crippen LogP contribution in [0, 0.1) is 6.92 Å². The van der Waals surface area contributed by atoms with Gasteiger partial charge in [0, 0.05) is 0 Å². The number of ether oxygens (including phenoxy) is 2. The molecule has 1 atom stereocenters. The second kappa shape index (κ2) is 7.37. The molecular formula is C14H19NO6S. The van der Waals surface area contributed by atoms with Crippen LogP contribution in [0.5, 0.6) is 0 Å². The van der Waals surface area contributed by atoms with E-state index >= 15 is 0 Å². The highest BCUT2D eigenvalue weighted by Crippen LogP contribution is 2.19. The Bertz CT molecular complexity index is 638. The highest BCUT2D eigenvalue weighted by Gasteiger charge is 2.35. The summed E-state index contributed by atoms with van der Waals surface area (Å²) < 4.78 is 35.2. The third-order valence-electron chi connectivity index (χ3n) is 3.11. The predicted molar refractivity (Wildman–Crippen MR) is 78.6 cm³/mol. The van der Waals surface area contributed by atoms with Gasteiger partial charge < -0.3 is 9.47 Å². The molecule has 0 radical (unpaired) electrons. The molecule has 7 nitrogen and oxygen atoms in total. The van der Waals surface area contributed by atoms with E-state index in [4.69, 9.17) is 0 Å². The second-order valence-corrected chi connectivity index (χ2v) is 6.53. The second-order valence-electron chi connectivity index (χ2n) is 4.64. The molecule has 0 aliphatic rings. The van der Waals surface area contributed by atoms with Gasteiger partial charge >= 0.3 is 11.9 Å². The standard InChI is InChI=1S/C14H19NO6S/c1-10-5-7-12(8-6-10)22(18,19)15(9-13(16)20-3)11(2)14(17)21-4/h5-8,11H,9H2,1-4H3/t11-/m1/s1. The topological polar surface area (TPSA) is 90.0 Å². The Labute approximate surface area is 129 Å². The van der Waals surface area contributed by atoms with E-state index in [1.54, 1.807) is 12.1 Å². The SMILES string of the molecule is COC(=O)CN([C@H](C)C(=O)OC)S(=O)(=O)c1ccc(C)cc1. The fourth-order valence-corrected chi connectivity index (χ4v) is 3.28. The summed E-state index contributed by atoms with van der Waals surface area (Å²) in [6, 6.07) is 4.94. The van der Waals surface area contributed by atoms with Crippen LogP contribution in [0.15, 0.2) is 29.2 Å². The Morgan fingerprint density at radius 2 is 1.68 bits per heavy atom. The first-order valence-corrected chi connectivity index (χ1v) is 7.91. The lowest BCUT2D eigenvalue weighted by atomic mass is 10.2. The third kappa shape index (κ3) is 4.05. The van der Waals surface area contributed by atoms with Crippen LogP contribution in [-0.4, -0.2) is 51.5 Å². The normalized spacial score (nSPS) is 12.8. The van der Waals surface area contributed by atoms with Gasteiger partial charge in [0.25, 0.3) is 0 Å². The minimum Gasteiger partial charge on any atom is -0.468 e. The zero-order valence-corrected chi connectivity index (χ0v) is 13.7. The van der Waals surface area contributed by atoms with Gasteiger partial charge in [-0.3, -0.25) is 9.59 Å². The number of aryl methyl sites for hydroxylation is 1. The van der Waals surface area contributed by atoms with Crippen LogP contribution < -0.4 is 0 Å². The molecule has 1 aromatic carbocycles. The summed E-state index contributed by atoms with van der Waals surface area (Å²) in [5.41, 5.74) is 0.888. The molecule has 8 heteroatoms. The highest BCUT2D eigenvalue weighted by molar-refractivity contribution is 7.89. The molecule has 22 heavy (non-hydrogen) atoms. The Morgan fingerprint density at radius 1 is 1.14 bits per heavy atom. The first kappa shape index (κ1) is 18.1. The maximum absolute atomic E-state index is 12.7. The minimum atomic E-state index is -4.05. The first-order chi connectivity index (χ1) is 10.2. The van der Waals surface area contributed by atoms with E-state index in [1.165, 1.54) is 19.1 Å². The van der Waals surface area contributed by atoms with Gasteiger partial charge in [0.2, 0.25) is 10.0 Å². The maximum Gasteiger partial charge on any atom is 0.323 e. The molecule has 0 fully saturated rings. The van der Waals surface area contributed by atoms with Gasteiger partial charge in [0.15, 0.2) is 0 Å². The van der Waals surface area contributed by atoms with E-state index in [0.717, 1.165) is 24.1 Å². The largest absolute Gasteiger partial charge is 0.468 e. The summed E-state index contributed by atoms with van der Waals surface area (Å²) in [6.45, 7) is 2.59. The van der Waals surface area contributed by atoms with Crippen molar-refractivity contribution in [1.29, 1.82) is 0 Å². The highest BCUT2D eigenvalue weighted by atomic mass is 32.2. The molecular weight excluding hydrogens is 310 g/mol. The number of carbonyl (C=O) groups excluding carboxylic acids is 2. The molecule has 0 bridgehead atoms. The van der Waals surface area contributed by atoms with E-state index < -0.39 is 34.5 Å². The number of carbonyl (C=O) groups is 2. The molecule has 1 rings (SSSR count). The molecule has 0 unspecified atom stereocenters. The van der Waals surface area contributed by atoms with E-state index in [9.17, 15) is 18.0 Å². The molecule has 0 aliphatic heterocycles. The number of esters is 2. The van der Waals surface area contributed by atoms with Crippen LogP contribution in [0.25, 0.3) is 0 Å². The number of benzene rings is 1. The average Bonchev–Trinajstić information content (AvgIpc) is 2.51. The number of hydrogen-bond acceptors (Lipinski definition) is 6. The smallest absolute Gasteiger partial charge is 0.323 e. The molecule has 0 spiro atoms. The van der Waals surface area contributed by atoms with Gasteiger partial charge in [-0.25, -0.2) is 8.42 Å². The monoisotopic (exact) mass is 329 g/mol. The minimum absolute atomic E-state index is 0.0160. The lowest BCUT2D eigenvalue weighted by Gasteiger charge is -2.25. The van der Waals surface area contributed by atoms with Crippen LogP contribution >= 0.6 is 0 Å². The lowest BCUT2D eigenvalue weighted by molar-refractivity contribution is -0.146. The predicted octanol–water partition coefficient (Wildman–Crippen LogP) is 0.720. The van der Waals surface area contributed by atoms with Crippen molar-refractivity contribution in [1.82, 2.24) is 4.31 Å². The van der Waals surface area contributed by atoms with Crippen molar-refractivity contribution in [2.24, 2.45) is 0 Å². The van der Waals surface area contributed by atoms with Crippen LogP contribution in [0.4, 0.5) is 0 Å². The van der Waals surface area contributed by atoms with Gasteiger partial charge in [-0.2, -0.15) is 4.31 Å². The Balaban J connectivity index is 3.26. The maximum atomic E-state index is 12.7. The van der Waals surface area contributed by atoms with Crippen molar-refractivity contribution in [3.8, 4) is 0 Å². The van der Waals surface area contributed by atoms with E-state index in [-0.39, 0.29) is 4.90 Å². The summed E-state index contributed by atoms with van der Waals surface area (Å²) >= 11 is 0. The fraction of sp³-hybridized carbons (Fsp3) is 0.429. The zero-order chi connectivity index (χ0) is 16.9. The molecule has 0 heterocycles.